The van der Waals surface area contributed by atoms with Gasteiger partial charge in [-0.15, -0.1) is 0 Å². The number of nitrogens with one attached hydrogen (secondary N) is 3. The van der Waals surface area contributed by atoms with Crippen LogP contribution in [-0.4, -0.2) is 35.5 Å². The highest BCUT2D eigenvalue weighted by molar-refractivity contribution is 7.89. The number of aromatic amines is 2. The van der Waals surface area contributed by atoms with Crippen molar-refractivity contribution >= 4 is 16.0 Å². The highest BCUT2D eigenvalue weighted by Crippen LogP contribution is 1.99. The SMILES string of the molecule is CC(NS(=O)(=O)c1c[nH]c(=O)[nH]c1=O)C(=O)O. The summed E-state index contributed by atoms with van der Waals surface area (Å²) in [6.45, 7) is 1.10. The van der Waals surface area contributed by atoms with Gasteiger partial charge >= 0.3 is 11.7 Å². The molecule has 0 aliphatic rings. The number of H-pyrrole nitrogens is 2. The van der Waals surface area contributed by atoms with Crippen LogP contribution < -0.4 is 16.0 Å². The smallest absolute Gasteiger partial charge is 0.325 e. The summed E-state index contributed by atoms with van der Waals surface area (Å²) in [5.74, 6) is -1.39. The van der Waals surface area contributed by atoms with Gasteiger partial charge in [0.2, 0.25) is 10.0 Å². The summed E-state index contributed by atoms with van der Waals surface area (Å²) in [5.41, 5.74) is -1.99. The third kappa shape index (κ3) is 3.01. The number of sulfonamides is 1. The van der Waals surface area contributed by atoms with Crippen LogP contribution in [0.25, 0.3) is 0 Å². The van der Waals surface area contributed by atoms with E-state index in [0.717, 1.165) is 6.92 Å². The van der Waals surface area contributed by atoms with E-state index in [1.54, 1.807) is 9.71 Å². The van der Waals surface area contributed by atoms with Gasteiger partial charge in [0, 0.05) is 6.20 Å². The Morgan fingerprint density at radius 3 is 2.53 bits per heavy atom. The van der Waals surface area contributed by atoms with Gasteiger partial charge in [0.1, 0.15) is 6.04 Å². The summed E-state index contributed by atoms with van der Waals surface area (Å²) >= 11 is 0. The first-order valence-electron chi connectivity index (χ1n) is 4.31. The molecule has 1 heterocycles. The maximum absolute atomic E-state index is 11.6. The molecular weight excluding hydrogens is 254 g/mol. The maximum atomic E-state index is 11.6. The minimum absolute atomic E-state index is 0.693. The molecule has 0 saturated heterocycles. The maximum Gasteiger partial charge on any atom is 0.325 e. The quantitative estimate of drug-likeness (QED) is 0.485. The van der Waals surface area contributed by atoms with Crippen LogP contribution in [0.4, 0.5) is 0 Å². The second kappa shape index (κ2) is 4.51. The van der Waals surface area contributed by atoms with E-state index in [9.17, 15) is 22.8 Å². The van der Waals surface area contributed by atoms with Gasteiger partial charge in [0.05, 0.1) is 0 Å². The Bertz CT molecular complexity index is 642. The standard InChI is InChI=1S/C7H9N3O6S/c1-3(6(12)13)10-17(15,16)4-2-8-7(14)9-5(4)11/h2-3,10H,1H3,(H,12,13)(H2,8,9,11,14). The Kier molecular flexibility index (Phi) is 3.48. The van der Waals surface area contributed by atoms with Crippen molar-refractivity contribution in [1.82, 2.24) is 14.7 Å². The van der Waals surface area contributed by atoms with Crippen LogP contribution in [0, 0.1) is 0 Å². The zero-order chi connectivity index (χ0) is 13.2. The minimum atomic E-state index is -4.30. The topological polar surface area (TPSA) is 149 Å². The van der Waals surface area contributed by atoms with Crippen LogP contribution in [0.5, 0.6) is 0 Å². The van der Waals surface area contributed by atoms with E-state index in [2.05, 4.69) is 0 Å². The molecule has 4 N–H and O–H groups in total. The Morgan fingerprint density at radius 2 is 2.06 bits per heavy atom. The van der Waals surface area contributed by atoms with Crippen molar-refractivity contribution in [3.63, 3.8) is 0 Å². The van der Waals surface area contributed by atoms with Crippen LogP contribution >= 0.6 is 0 Å². The van der Waals surface area contributed by atoms with E-state index >= 15 is 0 Å². The molecule has 0 radical (unpaired) electrons. The number of aliphatic carboxylic acids is 1. The lowest BCUT2D eigenvalue weighted by Crippen LogP contribution is -2.41. The molecule has 0 aromatic carbocycles. The van der Waals surface area contributed by atoms with E-state index < -0.39 is 38.2 Å². The van der Waals surface area contributed by atoms with E-state index in [1.165, 1.54) is 0 Å². The van der Waals surface area contributed by atoms with Crippen LogP contribution in [0.1, 0.15) is 6.92 Å². The molecule has 0 aliphatic carbocycles. The molecule has 17 heavy (non-hydrogen) atoms. The van der Waals surface area contributed by atoms with Crippen molar-refractivity contribution in [2.45, 2.75) is 17.9 Å². The van der Waals surface area contributed by atoms with Crippen LogP contribution in [0.15, 0.2) is 20.7 Å². The van der Waals surface area contributed by atoms with Gasteiger partial charge in [-0.25, -0.2) is 13.2 Å². The molecule has 9 nitrogen and oxygen atoms in total. The van der Waals surface area contributed by atoms with Crippen molar-refractivity contribution in [3.8, 4) is 0 Å². The van der Waals surface area contributed by atoms with Gasteiger partial charge in [-0.3, -0.25) is 14.6 Å². The molecule has 10 heteroatoms. The van der Waals surface area contributed by atoms with E-state index in [1.807, 2.05) is 4.98 Å². The number of rotatable bonds is 4. The van der Waals surface area contributed by atoms with Crippen LogP contribution in [0.3, 0.4) is 0 Å². The predicted octanol–water partition coefficient (Wildman–Crippen LogP) is -2.19. The first kappa shape index (κ1) is 13.1. The largest absolute Gasteiger partial charge is 0.480 e. The van der Waals surface area contributed by atoms with Gasteiger partial charge in [0.15, 0.2) is 4.90 Å². The average molecular weight is 263 g/mol. The number of carbonyl (C=O) groups is 1. The molecular formula is C7H9N3O6S. The fraction of sp³-hybridized carbons (Fsp3) is 0.286. The number of hydrogen-bond acceptors (Lipinski definition) is 5. The number of aromatic nitrogens is 2. The van der Waals surface area contributed by atoms with Gasteiger partial charge in [-0.05, 0) is 6.92 Å². The second-order valence-corrected chi connectivity index (χ2v) is 4.80. The first-order valence-corrected chi connectivity index (χ1v) is 5.79. The lowest BCUT2D eigenvalue weighted by molar-refractivity contribution is -0.138. The zero-order valence-corrected chi connectivity index (χ0v) is 9.37. The Morgan fingerprint density at radius 1 is 1.47 bits per heavy atom. The van der Waals surface area contributed by atoms with Gasteiger partial charge in [-0.1, -0.05) is 0 Å². The summed E-state index contributed by atoms with van der Waals surface area (Å²) in [6.07, 6.45) is 0.693. The van der Waals surface area contributed by atoms with Crippen LogP contribution in [0.2, 0.25) is 0 Å². The normalized spacial score (nSPS) is 13.2. The molecule has 0 fully saturated rings. The van der Waals surface area contributed by atoms with E-state index in [4.69, 9.17) is 5.11 Å². The summed E-state index contributed by atoms with van der Waals surface area (Å²) in [4.78, 5) is 35.3. The molecule has 1 aromatic heterocycles. The molecule has 0 saturated carbocycles. The summed E-state index contributed by atoms with van der Waals surface area (Å²) in [7, 11) is -4.30. The van der Waals surface area contributed by atoms with E-state index in [0.29, 0.717) is 6.20 Å². The molecule has 0 spiro atoms. The monoisotopic (exact) mass is 263 g/mol. The summed E-state index contributed by atoms with van der Waals surface area (Å²) < 4.78 is 24.9. The average Bonchev–Trinajstić information content (AvgIpc) is 2.15. The first-order chi connectivity index (χ1) is 7.74. The number of carboxylic acid groups (broad SMARTS) is 1. The molecule has 1 rings (SSSR count). The third-order valence-corrected chi connectivity index (χ3v) is 3.32. The predicted molar refractivity (Wildman–Crippen MR) is 55.1 cm³/mol. The Hall–Kier alpha value is -1.94. The molecule has 94 valence electrons. The second-order valence-electron chi connectivity index (χ2n) is 3.12. The Balaban J connectivity index is 3.19. The number of hydrogen-bond donors (Lipinski definition) is 4. The molecule has 1 aromatic rings. The molecule has 1 unspecified atom stereocenters. The zero-order valence-electron chi connectivity index (χ0n) is 8.55. The highest BCUT2D eigenvalue weighted by atomic mass is 32.2. The van der Waals surface area contributed by atoms with Gasteiger partial charge < -0.3 is 10.1 Å². The summed E-state index contributed by atoms with van der Waals surface area (Å²) in [5, 5.41) is 8.53. The molecule has 0 aliphatic heterocycles. The molecule has 1 atom stereocenters. The fourth-order valence-electron chi connectivity index (χ4n) is 0.944. The summed E-state index contributed by atoms with van der Waals surface area (Å²) in [6, 6.07) is -1.40. The Labute approximate surface area is 94.6 Å². The van der Waals surface area contributed by atoms with Crippen LogP contribution in [-0.2, 0) is 14.8 Å². The van der Waals surface area contributed by atoms with E-state index in [-0.39, 0.29) is 0 Å². The molecule has 0 amide bonds. The third-order valence-electron chi connectivity index (χ3n) is 1.78. The van der Waals surface area contributed by atoms with Gasteiger partial charge in [-0.2, -0.15) is 4.72 Å². The number of carboxylic acids is 1. The lowest BCUT2D eigenvalue weighted by atomic mass is 10.4. The minimum Gasteiger partial charge on any atom is -0.480 e. The van der Waals surface area contributed by atoms with Crippen molar-refractivity contribution in [2.24, 2.45) is 0 Å². The van der Waals surface area contributed by atoms with Crippen molar-refractivity contribution < 1.29 is 18.3 Å². The highest BCUT2D eigenvalue weighted by Gasteiger charge is 2.24. The van der Waals surface area contributed by atoms with Crippen molar-refractivity contribution in [3.05, 3.63) is 27.0 Å². The fourth-order valence-corrected chi connectivity index (χ4v) is 2.15. The van der Waals surface area contributed by atoms with Crippen molar-refractivity contribution in [2.75, 3.05) is 0 Å². The lowest BCUT2D eigenvalue weighted by Gasteiger charge is -2.08. The van der Waals surface area contributed by atoms with Gasteiger partial charge in [0.25, 0.3) is 5.56 Å². The molecule has 0 bridgehead atoms. The van der Waals surface area contributed by atoms with Crippen molar-refractivity contribution in [1.29, 1.82) is 0 Å².